The molecule has 0 N–H and O–H groups in total. The SMILES string of the molecule is CO[C@H]1[C@@H](S)O[C@@H]2COC(c3ccccc3)O[C@@H]2C1(c1cc(Cl)cnc1Br)n1cc(-c2cc(F)c(F)c(F)c2)nn1. The highest BCUT2D eigenvalue weighted by Gasteiger charge is 2.63. The Balaban J connectivity index is 1.58. The van der Waals surface area contributed by atoms with Crippen LogP contribution in [0.15, 0.2) is 65.5 Å². The molecule has 6 rings (SSSR count). The molecule has 4 heterocycles. The van der Waals surface area contributed by atoms with E-state index in [0.717, 1.165) is 17.7 Å². The van der Waals surface area contributed by atoms with Gasteiger partial charge in [0.05, 0.1) is 17.8 Å². The normalized spacial score (nSPS) is 27.9. The number of hydrogen-bond donors (Lipinski definition) is 1. The van der Waals surface area contributed by atoms with Crippen LogP contribution >= 0.6 is 40.2 Å². The van der Waals surface area contributed by atoms with Crippen molar-refractivity contribution in [1.82, 2.24) is 20.0 Å². The minimum absolute atomic E-state index is 0.0267. The maximum absolute atomic E-state index is 14.1. The van der Waals surface area contributed by atoms with Gasteiger partial charge in [-0.25, -0.2) is 22.8 Å². The van der Waals surface area contributed by atoms with E-state index in [0.29, 0.717) is 15.2 Å². The quantitative estimate of drug-likeness (QED) is 0.166. The summed E-state index contributed by atoms with van der Waals surface area (Å²) in [6, 6.07) is 12.7. The number of nitrogens with zero attached hydrogens (tertiary/aromatic N) is 4. The first-order valence-electron chi connectivity index (χ1n) is 12.3. The fourth-order valence-electron chi connectivity index (χ4n) is 5.41. The van der Waals surface area contributed by atoms with Crippen LogP contribution in [0.3, 0.4) is 0 Å². The summed E-state index contributed by atoms with van der Waals surface area (Å²) in [7, 11) is 1.48. The number of fused-ring (bicyclic) bond motifs is 1. The third-order valence-corrected chi connectivity index (χ3v) is 8.41. The molecule has 214 valence electrons. The van der Waals surface area contributed by atoms with E-state index in [2.05, 4.69) is 31.2 Å². The van der Waals surface area contributed by atoms with Gasteiger partial charge in [0.2, 0.25) is 0 Å². The second kappa shape index (κ2) is 11.3. The molecular formula is C27H21BrClF3N4O4S. The van der Waals surface area contributed by atoms with Crippen molar-refractivity contribution in [3.8, 4) is 11.3 Å². The molecule has 0 radical (unpaired) electrons. The Labute approximate surface area is 251 Å². The Morgan fingerprint density at radius 2 is 1.85 bits per heavy atom. The summed E-state index contributed by atoms with van der Waals surface area (Å²) >= 11 is 14.7. The van der Waals surface area contributed by atoms with Gasteiger partial charge in [-0.15, -0.1) is 17.7 Å². The molecule has 4 aromatic rings. The lowest BCUT2D eigenvalue weighted by Crippen LogP contribution is -2.70. The van der Waals surface area contributed by atoms with Gasteiger partial charge in [0.1, 0.15) is 34.0 Å². The minimum atomic E-state index is -1.58. The van der Waals surface area contributed by atoms with Crippen molar-refractivity contribution in [2.24, 2.45) is 0 Å². The molecule has 2 aliphatic heterocycles. The van der Waals surface area contributed by atoms with Gasteiger partial charge in [-0.1, -0.05) is 47.1 Å². The molecule has 14 heteroatoms. The molecule has 0 aliphatic carbocycles. The van der Waals surface area contributed by atoms with Crippen LogP contribution < -0.4 is 0 Å². The fraction of sp³-hybridized carbons (Fsp3) is 0.296. The minimum Gasteiger partial charge on any atom is -0.375 e. The smallest absolute Gasteiger partial charge is 0.194 e. The van der Waals surface area contributed by atoms with Crippen molar-refractivity contribution in [1.29, 1.82) is 0 Å². The molecule has 0 spiro atoms. The van der Waals surface area contributed by atoms with Gasteiger partial charge in [0.25, 0.3) is 0 Å². The Morgan fingerprint density at radius 3 is 2.56 bits per heavy atom. The van der Waals surface area contributed by atoms with Gasteiger partial charge in [0.15, 0.2) is 29.3 Å². The van der Waals surface area contributed by atoms with Gasteiger partial charge in [-0.2, -0.15) is 0 Å². The topological polar surface area (TPSA) is 80.5 Å². The zero-order chi connectivity index (χ0) is 28.9. The molecule has 2 fully saturated rings. The summed E-state index contributed by atoms with van der Waals surface area (Å²) in [6.07, 6.45) is -0.289. The Morgan fingerprint density at radius 1 is 1.12 bits per heavy atom. The Kier molecular flexibility index (Phi) is 7.87. The van der Waals surface area contributed by atoms with Crippen LogP contribution in [0.25, 0.3) is 11.3 Å². The third-order valence-electron chi connectivity index (χ3n) is 7.18. The first kappa shape index (κ1) is 28.6. The average molecular weight is 670 g/mol. The average Bonchev–Trinajstić information content (AvgIpc) is 3.47. The standard InChI is InChI=1S/C27H21BrClF3N4O4S/c1-37-23-26(41)39-20-12-38-25(13-5-3-2-4-6-13)40-22(20)27(23,16-9-15(29)10-33-24(16)28)36-11-19(34-35-36)14-7-17(30)21(32)18(31)8-14/h2-11,20,22-23,25-26,41H,12H2,1H3/t20-,22+,23+,25?,26-,27?/m1/s1. The van der Waals surface area contributed by atoms with E-state index in [9.17, 15) is 13.2 Å². The Bertz CT molecular complexity index is 1560. The summed E-state index contributed by atoms with van der Waals surface area (Å²) in [6.45, 7) is 0.126. The predicted octanol–water partition coefficient (Wildman–Crippen LogP) is 5.70. The summed E-state index contributed by atoms with van der Waals surface area (Å²) in [5.41, 5.74) is -0.951. The molecule has 6 atom stereocenters. The van der Waals surface area contributed by atoms with E-state index in [4.69, 9.17) is 43.2 Å². The van der Waals surface area contributed by atoms with Crippen LogP contribution in [0.2, 0.25) is 5.02 Å². The molecule has 0 amide bonds. The van der Waals surface area contributed by atoms with Crippen LogP contribution in [0, 0.1) is 17.5 Å². The van der Waals surface area contributed by atoms with Crippen molar-refractivity contribution in [2.75, 3.05) is 13.7 Å². The zero-order valence-corrected chi connectivity index (χ0v) is 24.4. The van der Waals surface area contributed by atoms with Crippen molar-refractivity contribution in [2.45, 2.75) is 35.6 Å². The van der Waals surface area contributed by atoms with Crippen molar-refractivity contribution in [3.63, 3.8) is 0 Å². The molecule has 2 unspecified atom stereocenters. The third kappa shape index (κ3) is 4.86. The van der Waals surface area contributed by atoms with Gasteiger partial charge in [-0.3, -0.25) is 0 Å². The van der Waals surface area contributed by atoms with Gasteiger partial charge in [-0.05, 0) is 34.1 Å². The van der Waals surface area contributed by atoms with Crippen molar-refractivity contribution in [3.05, 3.63) is 99.1 Å². The van der Waals surface area contributed by atoms with E-state index in [1.165, 1.54) is 24.2 Å². The highest BCUT2D eigenvalue weighted by Crippen LogP contribution is 2.50. The van der Waals surface area contributed by atoms with E-state index >= 15 is 0 Å². The van der Waals surface area contributed by atoms with Crippen LogP contribution in [0.1, 0.15) is 17.4 Å². The number of hydrogen-bond acceptors (Lipinski definition) is 8. The largest absolute Gasteiger partial charge is 0.375 e. The molecule has 2 aliphatic rings. The number of ether oxygens (including phenoxy) is 4. The maximum atomic E-state index is 14.1. The first-order valence-corrected chi connectivity index (χ1v) is 14.0. The number of thiol groups is 1. The maximum Gasteiger partial charge on any atom is 0.194 e. The number of pyridine rings is 1. The van der Waals surface area contributed by atoms with E-state index < -0.39 is 53.0 Å². The fourth-order valence-corrected chi connectivity index (χ4v) is 6.61. The van der Waals surface area contributed by atoms with Crippen LogP contribution in [-0.4, -0.2) is 57.4 Å². The van der Waals surface area contributed by atoms with Gasteiger partial charge >= 0.3 is 0 Å². The summed E-state index contributed by atoms with van der Waals surface area (Å²) in [5, 5.41) is 8.88. The lowest BCUT2D eigenvalue weighted by atomic mass is 9.75. The second-order valence-electron chi connectivity index (χ2n) is 9.47. The number of methoxy groups -OCH3 is 1. The summed E-state index contributed by atoms with van der Waals surface area (Å²) in [4.78, 5) is 4.41. The second-order valence-corrected chi connectivity index (χ2v) is 11.2. The Hall–Kier alpha value is -2.52. The van der Waals surface area contributed by atoms with Crippen molar-refractivity contribution < 1.29 is 32.1 Å². The monoisotopic (exact) mass is 668 g/mol. The zero-order valence-electron chi connectivity index (χ0n) is 21.1. The first-order chi connectivity index (χ1) is 19.7. The molecule has 41 heavy (non-hydrogen) atoms. The van der Waals surface area contributed by atoms with Crippen LogP contribution in [0.4, 0.5) is 13.2 Å². The number of rotatable bonds is 5. The van der Waals surface area contributed by atoms with E-state index in [1.807, 2.05) is 30.3 Å². The van der Waals surface area contributed by atoms with Crippen LogP contribution in [0.5, 0.6) is 0 Å². The van der Waals surface area contributed by atoms with Gasteiger partial charge < -0.3 is 18.9 Å². The molecule has 0 bridgehead atoms. The summed E-state index contributed by atoms with van der Waals surface area (Å²) in [5.74, 6) is -4.31. The van der Waals surface area contributed by atoms with E-state index in [-0.39, 0.29) is 17.9 Å². The molecule has 2 aromatic heterocycles. The summed E-state index contributed by atoms with van der Waals surface area (Å²) < 4.78 is 68.7. The molecule has 8 nitrogen and oxygen atoms in total. The lowest BCUT2D eigenvalue weighted by molar-refractivity contribution is -0.323. The lowest BCUT2D eigenvalue weighted by Gasteiger charge is -2.55. The number of halogens is 5. The van der Waals surface area contributed by atoms with Crippen LogP contribution in [-0.2, 0) is 24.5 Å². The van der Waals surface area contributed by atoms with E-state index in [1.54, 1.807) is 6.07 Å². The van der Waals surface area contributed by atoms with Crippen molar-refractivity contribution >= 4 is 40.2 Å². The molecule has 2 saturated heterocycles. The molecule has 0 saturated carbocycles. The highest BCUT2D eigenvalue weighted by molar-refractivity contribution is 9.10. The van der Waals surface area contributed by atoms with Gasteiger partial charge in [0, 0.05) is 30.0 Å². The number of aromatic nitrogens is 4. The molecular weight excluding hydrogens is 649 g/mol. The molecule has 2 aromatic carbocycles. The predicted molar refractivity (Wildman–Crippen MR) is 148 cm³/mol. The highest BCUT2D eigenvalue weighted by atomic mass is 79.9. The number of benzene rings is 2.